The van der Waals surface area contributed by atoms with Gasteiger partial charge in [0, 0.05) is 56.0 Å². The molecule has 2 atom stereocenters. The number of rotatable bonds is 6. The fourth-order valence-corrected chi connectivity index (χ4v) is 4.76. The number of halogens is 3. The second-order valence-electron chi connectivity index (χ2n) is 10.3. The molecule has 0 bridgehead atoms. The van der Waals surface area contributed by atoms with Crippen molar-refractivity contribution in [2.24, 2.45) is 16.7 Å². The lowest BCUT2D eigenvalue weighted by Crippen LogP contribution is -2.48. The minimum absolute atomic E-state index is 0.0382. The van der Waals surface area contributed by atoms with Crippen LogP contribution in [0.3, 0.4) is 0 Å². The lowest BCUT2D eigenvalue weighted by atomic mass is 9.74. The van der Waals surface area contributed by atoms with Crippen molar-refractivity contribution in [2.45, 2.75) is 72.1 Å². The van der Waals surface area contributed by atoms with Crippen molar-refractivity contribution in [1.29, 1.82) is 0 Å². The molecule has 1 aliphatic heterocycles. The molecule has 1 fully saturated rings. The molecule has 0 saturated heterocycles. The van der Waals surface area contributed by atoms with Crippen molar-refractivity contribution in [3.8, 4) is 0 Å². The van der Waals surface area contributed by atoms with Gasteiger partial charge in [-0.3, -0.25) is 9.78 Å². The number of nitrogens with one attached hydrogen (secondary N) is 1. The molecule has 8 heteroatoms. The first-order valence-electron chi connectivity index (χ1n) is 11.1. The van der Waals surface area contributed by atoms with Crippen LogP contribution in [0.1, 0.15) is 63.8 Å². The molecule has 174 valence electrons. The Morgan fingerprint density at radius 1 is 1.39 bits per heavy atom. The highest BCUT2D eigenvalue weighted by atomic mass is 19.4. The number of aliphatic hydroxyl groups is 1. The smallest absolute Gasteiger partial charge is 0.396 e. The van der Waals surface area contributed by atoms with Crippen LogP contribution in [0.2, 0.25) is 0 Å². The molecule has 2 N–H and O–H groups in total. The van der Waals surface area contributed by atoms with E-state index in [1.807, 2.05) is 13.8 Å². The van der Waals surface area contributed by atoms with E-state index in [0.29, 0.717) is 37.2 Å². The summed E-state index contributed by atoms with van der Waals surface area (Å²) in [6, 6.07) is 1.33. The lowest BCUT2D eigenvalue weighted by Gasteiger charge is -2.39. The number of hydrogen-bond acceptors (Lipinski definition) is 4. The Kier molecular flexibility index (Phi) is 6.73. The predicted molar refractivity (Wildman–Crippen MR) is 112 cm³/mol. The van der Waals surface area contributed by atoms with Crippen LogP contribution in [-0.2, 0) is 23.9 Å². The Bertz CT molecular complexity index is 810. The lowest BCUT2D eigenvalue weighted by molar-refractivity contribution is -0.145. The third-order valence-corrected chi connectivity index (χ3v) is 7.03. The summed E-state index contributed by atoms with van der Waals surface area (Å²) < 4.78 is 39.3. The fourth-order valence-electron chi connectivity index (χ4n) is 4.76. The monoisotopic (exact) mass is 441 g/mol. The number of alkyl halides is 3. The molecule has 3 rings (SSSR count). The number of carbonyl (C=O) groups excluding carboxylic acids is 1. The molecular formula is C23H34F3N3O2. The molecule has 0 unspecified atom stereocenters. The number of aromatic nitrogens is 1. The summed E-state index contributed by atoms with van der Waals surface area (Å²) in [5.74, 6) is 0.162. The highest BCUT2D eigenvalue weighted by molar-refractivity contribution is 5.83. The van der Waals surface area contributed by atoms with E-state index in [1.165, 1.54) is 0 Å². The summed E-state index contributed by atoms with van der Waals surface area (Å²) >= 11 is 0. The average molecular weight is 442 g/mol. The first-order valence-corrected chi connectivity index (χ1v) is 11.1. The molecule has 31 heavy (non-hydrogen) atoms. The fraction of sp³-hybridized carbons (Fsp3) is 0.739. The van der Waals surface area contributed by atoms with Gasteiger partial charge < -0.3 is 15.3 Å². The number of nitrogens with zero attached hydrogens (tertiary/aromatic N) is 2. The Morgan fingerprint density at radius 2 is 2.10 bits per heavy atom. The average Bonchev–Trinajstić information content (AvgIpc) is 3.16. The second kappa shape index (κ2) is 8.70. The largest absolute Gasteiger partial charge is 0.417 e. The number of fused-ring (bicyclic) bond motifs is 1. The third-order valence-electron chi connectivity index (χ3n) is 7.03. The maximum absolute atomic E-state index is 13.7. The summed E-state index contributed by atoms with van der Waals surface area (Å²) in [7, 11) is 0. The summed E-state index contributed by atoms with van der Waals surface area (Å²) in [5.41, 5.74) is -0.380. The van der Waals surface area contributed by atoms with Crippen LogP contribution in [0.25, 0.3) is 0 Å². The van der Waals surface area contributed by atoms with E-state index >= 15 is 0 Å². The highest BCUT2D eigenvalue weighted by Gasteiger charge is 2.49. The Labute approximate surface area is 182 Å². The Hall–Kier alpha value is -1.67. The van der Waals surface area contributed by atoms with Crippen LogP contribution in [-0.4, -0.2) is 46.6 Å². The molecule has 1 aliphatic carbocycles. The topological polar surface area (TPSA) is 65.5 Å². The van der Waals surface area contributed by atoms with Crippen molar-refractivity contribution >= 4 is 5.91 Å². The molecule has 1 aromatic heterocycles. The van der Waals surface area contributed by atoms with E-state index in [2.05, 4.69) is 24.1 Å². The number of aliphatic hydroxyl groups excluding tert-OH is 1. The van der Waals surface area contributed by atoms with Crippen LogP contribution >= 0.6 is 0 Å². The molecule has 5 nitrogen and oxygen atoms in total. The minimum atomic E-state index is -4.44. The van der Waals surface area contributed by atoms with Gasteiger partial charge in [0.1, 0.15) is 0 Å². The maximum atomic E-state index is 13.7. The van der Waals surface area contributed by atoms with Gasteiger partial charge in [-0.05, 0) is 36.8 Å². The van der Waals surface area contributed by atoms with Gasteiger partial charge in [-0.25, -0.2) is 0 Å². The van der Waals surface area contributed by atoms with Gasteiger partial charge in [0.15, 0.2) is 0 Å². The summed E-state index contributed by atoms with van der Waals surface area (Å²) in [4.78, 5) is 19.4. The minimum Gasteiger partial charge on any atom is -0.396 e. The van der Waals surface area contributed by atoms with Crippen molar-refractivity contribution in [1.82, 2.24) is 15.2 Å². The summed E-state index contributed by atoms with van der Waals surface area (Å²) in [6.07, 6.45) is -0.761. The van der Waals surface area contributed by atoms with Gasteiger partial charge >= 0.3 is 6.18 Å². The molecule has 2 aliphatic rings. The molecule has 0 spiro atoms. The zero-order chi connectivity index (χ0) is 23.0. The van der Waals surface area contributed by atoms with Crippen molar-refractivity contribution in [3.05, 3.63) is 29.1 Å². The van der Waals surface area contributed by atoms with Crippen LogP contribution < -0.4 is 5.32 Å². The van der Waals surface area contributed by atoms with Gasteiger partial charge in [-0.1, -0.05) is 27.7 Å². The van der Waals surface area contributed by atoms with E-state index in [-0.39, 0.29) is 36.4 Å². The molecule has 1 amide bonds. The van der Waals surface area contributed by atoms with Gasteiger partial charge in [0.05, 0.1) is 11.0 Å². The molecule has 2 heterocycles. The molecule has 0 radical (unpaired) electrons. The number of carbonyl (C=O) groups is 1. The van der Waals surface area contributed by atoms with Crippen molar-refractivity contribution in [2.75, 3.05) is 19.7 Å². The predicted octanol–water partition coefficient (Wildman–Crippen LogP) is 3.79. The van der Waals surface area contributed by atoms with Crippen molar-refractivity contribution in [3.63, 3.8) is 0 Å². The number of amides is 1. The molecule has 0 aromatic carbocycles. The van der Waals surface area contributed by atoms with Gasteiger partial charge in [0.25, 0.3) is 0 Å². The van der Waals surface area contributed by atoms with E-state index in [0.717, 1.165) is 25.1 Å². The highest BCUT2D eigenvalue weighted by Crippen LogP contribution is 2.46. The van der Waals surface area contributed by atoms with E-state index in [9.17, 15) is 23.1 Å². The number of pyridine rings is 1. The summed E-state index contributed by atoms with van der Waals surface area (Å²) in [5, 5.41) is 13.0. The zero-order valence-electron chi connectivity index (χ0n) is 18.9. The normalized spacial score (nSPS) is 24.5. The van der Waals surface area contributed by atoms with Crippen LogP contribution in [0, 0.1) is 16.7 Å². The zero-order valence-corrected chi connectivity index (χ0v) is 18.9. The summed E-state index contributed by atoms with van der Waals surface area (Å²) in [6.45, 7) is 9.50. The molecule has 1 aromatic rings. The van der Waals surface area contributed by atoms with E-state index in [1.54, 1.807) is 4.90 Å². The van der Waals surface area contributed by atoms with Crippen LogP contribution in [0.5, 0.6) is 0 Å². The van der Waals surface area contributed by atoms with Gasteiger partial charge in [-0.15, -0.1) is 0 Å². The Morgan fingerprint density at radius 3 is 2.71 bits per heavy atom. The first-order chi connectivity index (χ1) is 14.4. The molecular weight excluding hydrogens is 407 g/mol. The third kappa shape index (κ3) is 5.06. The van der Waals surface area contributed by atoms with Crippen LogP contribution in [0.15, 0.2) is 12.3 Å². The van der Waals surface area contributed by atoms with E-state index in [4.69, 9.17) is 0 Å². The first kappa shape index (κ1) is 24.0. The van der Waals surface area contributed by atoms with Gasteiger partial charge in [0.2, 0.25) is 5.91 Å². The maximum Gasteiger partial charge on any atom is 0.417 e. The van der Waals surface area contributed by atoms with Crippen molar-refractivity contribution < 1.29 is 23.1 Å². The quantitative estimate of drug-likeness (QED) is 0.705. The Balaban J connectivity index is 1.74. The van der Waals surface area contributed by atoms with E-state index < -0.39 is 17.2 Å². The molecule has 1 saturated carbocycles. The van der Waals surface area contributed by atoms with Crippen LogP contribution in [0.4, 0.5) is 13.2 Å². The second-order valence-corrected chi connectivity index (χ2v) is 10.3. The van der Waals surface area contributed by atoms with Gasteiger partial charge in [-0.2, -0.15) is 13.2 Å². The number of hydrogen-bond donors (Lipinski definition) is 2. The standard InChI is InChI=1S/C23H34F3N3O2/c1-15(2)22(7-5-18(10-22)28-13-21(3,4)14-30)20(31)29-8-6-19-16(12-29)9-17(11-27-19)23(24,25)26/h9,11,15,18,28,30H,5-8,10,12-14H2,1-4H3/t18-,22+/m1/s1. The SMILES string of the molecule is CC(C)[C@]1(C(=O)N2CCc3ncc(C(F)(F)F)cc3C2)CC[C@@H](NCC(C)(C)CO)C1.